The monoisotopic (exact) mass is 280 g/mol. The Labute approximate surface area is 122 Å². The fourth-order valence-electron chi connectivity index (χ4n) is 2.42. The van der Waals surface area contributed by atoms with Crippen molar-refractivity contribution in [3.8, 4) is 17.0 Å². The Morgan fingerprint density at radius 1 is 1.10 bits per heavy atom. The van der Waals surface area contributed by atoms with Gasteiger partial charge in [-0.05, 0) is 49.7 Å². The van der Waals surface area contributed by atoms with E-state index >= 15 is 0 Å². The lowest BCUT2D eigenvalue weighted by molar-refractivity contribution is 0.415. The minimum atomic E-state index is -0.0329. The van der Waals surface area contributed by atoms with E-state index in [1.165, 1.54) is 0 Å². The molecule has 0 bridgehead atoms. The van der Waals surface area contributed by atoms with Crippen LogP contribution in [0.25, 0.3) is 16.9 Å². The van der Waals surface area contributed by atoms with Crippen molar-refractivity contribution < 1.29 is 4.74 Å². The number of fused-ring (bicyclic) bond motifs is 1. The zero-order chi connectivity index (χ0) is 15.0. The lowest BCUT2D eigenvalue weighted by atomic mass is 10.1. The summed E-state index contributed by atoms with van der Waals surface area (Å²) in [7, 11) is 1.63. The van der Waals surface area contributed by atoms with Crippen molar-refractivity contribution in [1.29, 1.82) is 0 Å². The molecule has 2 heterocycles. The van der Waals surface area contributed by atoms with Crippen LogP contribution in [0.4, 0.5) is 0 Å². The van der Waals surface area contributed by atoms with E-state index in [1.54, 1.807) is 17.7 Å². The van der Waals surface area contributed by atoms with Gasteiger partial charge in [0, 0.05) is 17.3 Å². The molecule has 0 N–H and O–H groups in total. The van der Waals surface area contributed by atoms with E-state index in [0.717, 1.165) is 22.6 Å². The minimum Gasteiger partial charge on any atom is -0.497 e. The smallest absolute Gasteiger partial charge is 0.261 e. The SMILES string of the molecule is COc1ccc(-c2nc3c(C)cccn3c(=O)c2C)cc1. The lowest BCUT2D eigenvalue weighted by Crippen LogP contribution is -2.19. The first-order valence-electron chi connectivity index (χ1n) is 6.75. The molecule has 0 aliphatic rings. The predicted molar refractivity (Wildman–Crippen MR) is 82.9 cm³/mol. The van der Waals surface area contributed by atoms with Gasteiger partial charge in [-0.25, -0.2) is 4.98 Å². The third kappa shape index (κ3) is 2.18. The highest BCUT2D eigenvalue weighted by atomic mass is 16.5. The predicted octanol–water partition coefficient (Wildman–Crippen LogP) is 2.99. The van der Waals surface area contributed by atoms with E-state index < -0.39 is 0 Å². The van der Waals surface area contributed by atoms with Crippen molar-refractivity contribution >= 4 is 5.65 Å². The van der Waals surface area contributed by atoms with Crippen molar-refractivity contribution in [2.24, 2.45) is 0 Å². The lowest BCUT2D eigenvalue weighted by Gasteiger charge is -2.10. The fraction of sp³-hybridized carbons (Fsp3) is 0.176. The van der Waals surface area contributed by atoms with Crippen LogP contribution >= 0.6 is 0 Å². The summed E-state index contributed by atoms with van der Waals surface area (Å²) in [6.07, 6.45) is 1.75. The summed E-state index contributed by atoms with van der Waals surface area (Å²) in [6.45, 7) is 3.76. The first-order valence-corrected chi connectivity index (χ1v) is 6.75. The van der Waals surface area contributed by atoms with Gasteiger partial charge in [-0.1, -0.05) is 6.07 Å². The van der Waals surface area contributed by atoms with E-state index in [9.17, 15) is 4.79 Å². The van der Waals surface area contributed by atoms with Gasteiger partial charge >= 0.3 is 0 Å². The Bertz CT molecular complexity index is 864. The second kappa shape index (κ2) is 5.05. The molecule has 0 fully saturated rings. The number of pyridine rings is 1. The van der Waals surface area contributed by atoms with Crippen molar-refractivity contribution in [2.75, 3.05) is 7.11 Å². The molecule has 1 aromatic carbocycles. The summed E-state index contributed by atoms with van der Waals surface area (Å²) in [5, 5.41) is 0. The quantitative estimate of drug-likeness (QED) is 0.725. The van der Waals surface area contributed by atoms with Crippen LogP contribution in [0.1, 0.15) is 11.1 Å². The van der Waals surface area contributed by atoms with E-state index in [1.807, 2.05) is 50.2 Å². The van der Waals surface area contributed by atoms with Crippen LogP contribution in [-0.4, -0.2) is 16.5 Å². The van der Waals surface area contributed by atoms with Crippen LogP contribution in [0.3, 0.4) is 0 Å². The van der Waals surface area contributed by atoms with Gasteiger partial charge < -0.3 is 4.74 Å². The van der Waals surface area contributed by atoms with Crippen LogP contribution < -0.4 is 10.3 Å². The van der Waals surface area contributed by atoms with E-state index in [4.69, 9.17) is 4.74 Å². The number of ether oxygens (including phenoxy) is 1. The summed E-state index contributed by atoms with van der Waals surface area (Å²) >= 11 is 0. The molecule has 0 spiro atoms. The molecule has 0 saturated carbocycles. The highest BCUT2D eigenvalue weighted by molar-refractivity contribution is 5.66. The molecule has 0 unspecified atom stereocenters. The van der Waals surface area contributed by atoms with Crippen LogP contribution in [0, 0.1) is 13.8 Å². The maximum absolute atomic E-state index is 12.5. The first kappa shape index (κ1) is 13.4. The maximum atomic E-state index is 12.5. The third-order valence-electron chi connectivity index (χ3n) is 3.64. The largest absolute Gasteiger partial charge is 0.497 e. The Hall–Kier alpha value is -2.62. The second-order valence-electron chi connectivity index (χ2n) is 5.00. The Balaban J connectivity index is 2.29. The van der Waals surface area contributed by atoms with Crippen LogP contribution in [0.15, 0.2) is 47.4 Å². The van der Waals surface area contributed by atoms with Gasteiger partial charge in [0.2, 0.25) is 0 Å². The van der Waals surface area contributed by atoms with Gasteiger partial charge in [-0.3, -0.25) is 9.20 Å². The summed E-state index contributed by atoms with van der Waals surface area (Å²) in [6, 6.07) is 11.4. The Morgan fingerprint density at radius 3 is 2.48 bits per heavy atom. The molecule has 21 heavy (non-hydrogen) atoms. The van der Waals surface area contributed by atoms with Gasteiger partial charge in [0.05, 0.1) is 12.8 Å². The second-order valence-corrected chi connectivity index (χ2v) is 5.00. The maximum Gasteiger partial charge on any atom is 0.261 e. The van der Waals surface area contributed by atoms with Crippen molar-refractivity contribution in [3.63, 3.8) is 0 Å². The standard InChI is InChI=1S/C17H16N2O2/c1-11-5-4-10-19-16(11)18-15(12(2)17(19)20)13-6-8-14(21-3)9-7-13/h4-10H,1-3H3. The van der Waals surface area contributed by atoms with Crippen LogP contribution in [-0.2, 0) is 0 Å². The number of nitrogens with zero attached hydrogens (tertiary/aromatic N) is 2. The van der Waals surface area contributed by atoms with Gasteiger partial charge in [0.15, 0.2) is 0 Å². The summed E-state index contributed by atoms with van der Waals surface area (Å²) in [5.74, 6) is 0.782. The molecule has 2 aromatic heterocycles. The normalized spacial score (nSPS) is 10.8. The zero-order valence-corrected chi connectivity index (χ0v) is 12.3. The minimum absolute atomic E-state index is 0.0329. The number of methoxy groups -OCH3 is 1. The van der Waals surface area contributed by atoms with Gasteiger partial charge in [-0.15, -0.1) is 0 Å². The molecular formula is C17H16N2O2. The summed E-state index contributed by atoms with van der Waals surface area (Å²) in [5.41, 5.74) is 3.91. The molecule has 3 rings (SSSR count). The highest BCUT2D eigenvalue weighted by Crippen LogP contribution is 2.23. The van der Waals surface area contributed by atoms with Crippen molar-refractivity contribution in [2.45, 2.75) is 13.8 Å². The molecule has 0 amide bonds. The van der Waals surface area contributed by atoms with Crippen molar-refractivity contribution in [1.82, 2.24) is 9.38 Å². The highest BCUT2D eigenvalue weighted by Gasteiger charge is 2.11. The zero-order valence-electron chi connectivity index (χ0n) is 12.3. The number of aryl methyl sites for hydroxylation is 1. The van der Waals surface area contributed by atoms with Crippen LogP contribution in [0.2, 0.25) is 0 Å². The molecule has 0 atom stereocenters. The van der Waals surface area contributed by atoms with Crippen LogP contribution in [0.5, 0.6) is 5.75 Å². The van der Waals surface area contributed by atoms with Crippen molar-refractivity contribution in [3.05, 3.63) is 64.1 Å². The third-order valence-corrected chi connectivity index (χ3v) is 3.64. The Kier molecular flexibility index (Phi) is 3.22. The number of hydrogen-bond acceptors (Lipinski definition) is 3. The fourth-order valence-corrected chi connectivity index (χ4v) is 2.42. The van der Waals surface area contributed by atoms with Gasteiger partial charge in [0.1, 0.15) is 11.4 Å². The molecule has 0 saturated heterocycles. The Morgan fingerprint density at radius 2 is 1.81 bits per heavy atom. The molecule has 3 aromatic rings. The van der Waals surface area contributed by atoms with Gasteiger partial charge in [-0.2, -0.15) is 0 Å². The molecule has 4 nitrogen and oxygen atoms in total. The number of rotatable bonds is 2. The van der Waals surface area contributed by atoms with E-state index in [-0.39, 0.29) is 5.56 Å². The average molecular weight is 280 g/mol. The molecule has 0 radical (unpaired) electrons. The average Bonchev–Trinajstić information content (AvgIpc) is 2.51. The summed E-state index contributed by atoms with van der Waals surface area (Å²) < 4.78 is 6.76. The molecule has 0 aliphatic carbocycles. The van der Waals surface area contributed by atoms with E-state index in [0.29, 0.717) is 11.2 Å². The molecule has 4 heteroatoms. The number of hydrogen-bond donors (Lipinski definition) is 0. The molecular weight excluding hydrogens is 264 g/mol. The van der Waals surface area contributed by atoms with Gasteiger partial charge in [0.25, 0.3) is 5.56 Å². The first-order chi connectivity index (χ1) is 10.1. The number of aromatic nitrogens is 2. The van der Waals surface area contributed by atoms with E-state index in [2.05, 4.69) is 4.98 Å². The topological polar surface area (TPSA) is 43.6 Å². The molecule has 0 aliphatic heterocycles. The molecule has 106 valence electrons. The number of benzene rings is 1. The summed E-state index contributed by atoms with van der Waals surface area (Å²) in [4.78, 5) is 17.2.